The van der Waals surface area contributed by atoms with Crippen molar-refractivity contribution in [3.05, 3.63) is 29.8 Å². The van der Waals surface area contributed by atoms with E-state index >= 15 is 0 Å². The normalized spacial score (nSPS) is 15.0. The number of esters is 1. The number of hydrogen-bond donors (Lipinski definition) is 0. The third-order valence-electron chi connectivity index (χ3n) is 6.58. The summed E-state index contributed by atoms with van der Waals surface area (Å²) in [6, 6.07) is 3.29. The quantitative estimate of drug-likeness (QED) is 0.0848. The van der Waals surface area contributed by atoms with Crippen molar-refractivity contribution in [1.82, 2.24) is 0 Å². The fourth-order valence-electron chi connectivity index (χ4n) is 3.51. The fourth-order valence-corrected chi connectivity index (χ4v) is 3.51. The highest BCUT2D eigenvalue weighted by Crippen LogP contribution is 2.66. The van der Waals surface area contributed by atoms with Crippen molar-refractivity contribution in [3.63, 3.8) is 0 Å². The maximum atomic E-state index is 14.1. The highest BCUT2D eigenvalue weighted by Gasteiger charge is 2.97. The van der Waals surface area contributed by atoms with Gasteiger partial charge >= 0.3 is 65.4 Å². The van der Waals surface area contributed by atoms with E-state index in [2.05, 4.69) is 4.74 Å². The van der Waals surface area contributed by atoms with Gasteiger partial charge in [0.1, 0.15) is 5.75 Å². The zero-order chi connectivity index (χ0) is 38.9. The molecule has 0 spiro atoms. The molecule has 0 bridgehead atoms. The molecule has 0 unspecified atom stereocenters. The second-order valence-corrected chi connectivity index (χ2v) is 10.1. The molecule has 0 amide bonds. The van der Waals surface area contributed by atoms with Crippen LogP contribution in [0, 0.1) is 0 Å². The van der Waals surface area contributed by atoms with E-state index in [0.29, 0.717) is 12.8 Å². The smallest absolute Gasteiger partial charge is 0.460 e. The molecule has 0 aromatic heterocycles. The van der Waals surface area contributed by atoms with Crippen molar-refractivity contribution in [3.8, 4) is 5.75 Å². The van der Waals surface area contributed by atoms with Crippen LogP contribution in [0.5, 0.6) is 5.75 Å². The number of carbonyl (C=O) groups excluding carboxylic acids is 1. The lowest BCUT2D eigenvalue weighted by Gasteiger charge is -2.44. The molecule has 0 saturated heterocycles. The van der Waals surface area contributed by atoms with E-state index in [9.17, 15) is 97.0 Å². The molecule has 0 saturated carbocycles. The average molecular weight is 768 g/mol. The van der Waals surface area contributed by atoms with E-state index in [0.717, 1.165) is 37.1 Å². The second-order valence-electron chi connectivity index (χ2n) is 10.1. The second kappa shape index (κ2) is 14.0. The first-order valence-corrected chi connectivity index (χ1v) is 13.0. The minimum absolute atomic E-state index is 0.0173. The first-order valence-electron chi connectivity index (χ1n) is 13.0. The SMILES string of the molecule is CCCCCCOC(=O)c1ccc(OCCC(F)(F)C(F)(F)C(F)(F)C(F)(F)C(F)(F)C(F)(F)C(F)(F)C(F)(F)C(F)(F)C(F)(F)F)cc1. The molecule has 0 N–H and O–H groups in total. The molecule has 0 aliphatic rings. The van der Waals surface area contributed by atoms with Crippen LogP contribution in [0.4, 0.5) is 92.2 Å². The Hall–Kier alpha value is -2.98. The molecule has 1 rings (SSSR count). The van der Waals surface area contributed by atoms with E-state index in [4.69, 9.17) is 4.74 Å². The Morgan fingerprint density at radius 2 is 0.898 bits per heavy atom. The third-order valence-corrected chi connectivity index (χ3v) is 6.58. The first kappa shape index (κ1) is 44.0. The zero-order valence-corrected chi connectivity index (χ0v) is 23.9. The molecule has 24 heteroatoms. The van der Waals surface area contributed by atoms with Gasteiger partial charge in [-0.2, -0.15) is 92.2 Å². The van der Waals surface area contributed by atoms with Crippen molar-refractivity contribution in [2.45, 2.75) is 98.5 Å². The molecular weight excluding hydrogens is 747 g/mol. The minimum Gasteiger partial charge on any atom is -0.493 e. The van der Waals surface area contributed by atoms with E-state index in [-0.39, 0.29) is 12.2 Å². The summed E-state index contributed by atoms with van der Waals surface area (Å²) in [5.74, 6) is -78.9. The van der Waals surface area contributed by atoms with Crippen LogP contribution < -0.4 is 4.74 Å². The largest absolute Gasteiger partial charge is 0.493 e. The summed E-state index contributed by atoms with van der Waals surface area (Å²) in [7, 11) is 0. The summed E-state index contributed by atoms with van der Waals surface area (Å²) in [5.41, 5.74) is -0.204. The Morgan fingerprint density at radius 3 is 1.29 bits per heavy atom. The van der Waals surface area contributed by atoms with E-state index in [1.165, 1.54) is 0 Å². The molecular formula is C25H21F21O3. The molecule has 0 radical (unpaired) electrons. The number of unbranched alkanes of at least 4 members (excludes halogenated alkanes) is 3. The van der Waals surface area contributed by atoms with Gasteiger partial charge in [-0.1, -0.05) is 26.2 Å². The Morgan fingerprint density at radius 1 is 0.510 bits per heavy atom. The number of alkyl halides is 21. The predicted octanol–water partition coefficient (Wildman–Crippen LogP) is 10.5. The lowest BCUT2D eigenvalue weighted by molar-refractivity contribution is -0.474. The first-order chi connectivity index (χ1) is 21.7. The summed E-state index contributed by atoms with van der Waals surface area (Å²) in [6.45, 7) is -0.0563. The fraction of sp³-hybridized carbons (Fsp3) is 0.720. The third kappa shape index (κ3) is 7.41. The van der Waals surface area contributed by atoms with E-state index < -0.39 is 84.2 Å². The summed E-state index contributed by atoms with van der Waals surface area (Å²) in [5, 5.41) is 0. The molecule has 3 nitrogen and oxygen atoms in total. The van der Waals surface area contributed by atoms with Gasteiger partial charge in [0, 0.05) is 0 Å². The van der Waals surface area contributed by atoms with Gasteiger partial charge in [0.2, 0.25) is 0 Å². The maximum Gasteiger partial charge on any atom is 0.460 e. The van der Waals surface area contributed by atoms with Crippen molar-refractivity contribution in [2.75, 3.05) is 13.2 Å². The van der Waals surface area contributed by atoms with Crippen molar-refractivity contribution in [1.29, 1.82) is 0 Å². The number of hydrogen-bond acceptors (Lipinski definition) is 3. The lowest BCUT2D eigenvalue weighted by atomic mass is 9.86. The van der Waals surface area contributed by atoms with Gasteiger partial charge in [-0.3, -0.25) is 0 Å². The summed E-state index contributed by atoms with van der Waals surface area (Å²) >= 11 is 0. The predicted molar refractivity (Wildman–Crippen MR) is 122 cm³/mol. The Labute approximate surface area is 260 Å². The topological polar surface area (TPSA) is 35.5 Å². The lowest BCUT2D eigenvalue weighted by Crippen LogP contribution is -2.76. The van der Waals surface area contributed by atoms with Crippen molar-refractivity contribution < 1.29 is 106 Å². The highest BCUT2D eigenvalue weighted by atomic mass is 19.4. The zero-order valence-electron chi connectivity index (χ0n) is 23.9. The van der Waals surface area contributed by atoms with Crippen LogP contribution in [0.15, 0.2) is 24.3 Å². The molecule has 49 heavy (non-hydrogen) atoms. The molecule has 0 fully saturated rings. The molecule has 286 valence electrons. The number of carbonyl (C=O) groups is 1. The van der Waals surface area contributed by atoms with Crippen LogP contribution >= 0.6 is 0 Å². The minimum atomic E-state index is -9.22. The highest BCUT2D eigenvalue weighted by molar-refractivity contribution is 5.89. The summed E-state index contributed by atoms with van der Waals surface area (Å²) in [4.78, 5) is 11.9. The average Bonchev–Trinajstić information content (AvgIpc) is 2.95. The van der Waals surface area contributed by atoms with Crippen LogP contribution in [0.25, 0.3) is 0 Å². The molecule has 0 aliphatic carbocycles. The maximum absolute atomic E-state index is 14.1. The summed E-state index contributed by atoms with van der Waals surface area (Å²) in [6.07, 6.45) is -8.06. The van der Waals surface area contributed by atoms with Crippen LogP contribution in [0.1, 0.15) is 49.4 Å². The number of halogens is 21. The molecule has 1 aromatic rings. The Balaban J connectivity index is 3.25. The van der Waals surface area contributed by atoms with Gasteiger partial charge < -0.3 is 9.47 Å². The Bertz CT molecular complexity index is 1260. The summed E-state index contributed by atoms with van der Waals surface area (Å²) < 4.78 is 292. The molecule has 0 heterocycles. The van der Waals surface area contributed by atoms with Gasteiger partial charge in [-0.15, -0.1) is 0 Å². The van der Waals surface area contributed by atoms with E-state index in [1.807, 2.05) is 6.92 Å². The van der Waals surface area contributed by atoms with Gasteiger partial charge in [-0.25, -0.2) is 4.79 Å². The van der Waals surface area contributed by atoms with Crippen LogP contribution in [-0.2, 0) is 4.74 Å². The monoisotopic (exact) mass is 768 g/mol. The van der Waals surface area contributed by atoms with Crippen LogP contribution in [0.3, 0.4) is 0 Å². The van der Waals surface area contributed by atoms with Crippen molar-refractivity contribution in [2.24, 2.45) is 0 Å². The van der Waals surface area contributed by atoms with Gasteiger partial charge in [-0.05, 0) is 30.7 Å². The van der Waals surface area contributed by atoms with Gasteiger partial charge in [0.05, 0.1) is 25.2 Å². The van der Waals surface area contributed by atoms with E-state index in [1.54, 1.807) is 0 Å². The number of benzene rings is 1. The molecule has 1 aromatic carbocycles. The van der Waals surface area contributed by atoms with Gasteiger partial charge in [0.15, 0.2) is 0 Å². The van der Waals surface area contributed by atoms with Crippen molar-refractivity contribution >= 4 is 5.97 Å². The van der Waals surface area contributed by atoms with Crippen LogP contribution in [0.2, 0.25) is 0 Å². The van der Waals surface area contributed by atoms with Crippen LogP contribution in [-0.4, -0.2) is 78.7 Å². The molecule has 0 atom stereocenters. The van der Waals surface area contributed by atoms with Gasteiger partial charge in [0.25, 0.3) is 0 Å². The Kier molecular flexibility index (Phi) is 12.6. The number of ether oxygens (including phenoxy) is 2. The standard InChI is InChI=1S/C25H21F21O3/c1-2-3-4-5-11-49-15(47)13-6-8-14(9-7-13)48-12-10-16(26,27)17(28,29)18(30,31)19(32,33)20(34,35)21(36,37)22(38,39)23(40,41)24(42,43)25(44,45)46/h6-9H,2-5,10-12H2,1H3. The number of rotatable bonds is 18. The molecule has 0 aliphatic heterocycles.